The van der Waals surface area contributed by atoms with E-state index >= 15 is 0 Å². The van der Waals surface area contributed by atoms with Gasteiger partial charge in [-0.05, 0) is 55.8 Å². The molecule has 2 unspecified atom stereocenters. The number of ether oxygens (including phenoxy) is 1. The minimum atomic E-state index is -0.794. The maximum absolute atomic E-state index is 13.6. The van der Waals surface area contributed by atoms with Crippen molar-refractivity contribution in [3.63, 3.8) is 0 Å². The van der Waals surface area contributed by atoms with E-state index in [-0.39, 0.29) is 30.7 Å². The van der Waals surface area contributed by atoms with E-state index in [9.17, 15) is 23.2 Å². The van der Waals surface area contributed by atoms with Gasteiger partial charge in [0.2, 0.25) is 0 Å². The number of likely N-dealkylation sites (N-methyl/N-ethyl adjacent to an activating group) is 1. The average molecular weight is 513 g/mol. The van der Waals surface area contributed by atoms with Crippen molar-refractivity contribution in [3.8, 4) is 0 Å². The molecular formula is C27H30F2N4O4. The quantitative estimate of drug-likeness (QED) is 0.601. The van der Waals surface area contributed by atoms with E-state index in [0.29, 0.717) is 36.5 Å². The second kappa shape index (κ2) is 11.1. The number of amides is 3. The number of hydrogen-bond donors (Lipinski definition) is 1. The molecule has 2 atom stereocenters. The smallest absolute Gasteiger partial charge is 0.338 e. The van der Waals surface area contributed by atoms with Crippen LogP contribution >= 0.6 is 0 Å². The Labute approximate surface area is 214 Å². The highest BCUT2D eigenvalue weighted by atomic mass is 19.1. The summed E-state index contributed by atoms with van der Waals surface area (Å²) in [5, 5.41) is 2.82. The van der Waals surface area contributed by atoms with Crippen LogP contribution < -0.4 is 5.32 Å². The van der Waals surface area contributed by atoms with Crippen LogP contribution in [0.15, 0.2) is 59.8 Å². The monoisotopic (exact) mass is 512 g/mol. The molecule has 196 valence electrons. The van der Waals surface area contributed by atoms with Gasteiger partial charge in [-0.15, -0.1) is 0 Å². The number of piperazine rings is 1. The lowest BCUT2D eigenvalue weighted by atomic mass is 9.94. The Bertz CT molecular complexity index is 1200. The summed E-state index contributed by atoms with van der Waals surface area (Å²) in [4.78, 5) is 44.2. The zero-order valence-corrected chi connectivity index (χ0v) is 21.0. The van der Waals surface area contributed by atoms with E-state index in [4.69, 9.17) is 4.74 Å². The molecule has 2 aromatic rings. The highest BCUT2D eigenvalue weighted by Crippen LogP contribution is 2.32. The molecule has 2 aromatic carbocycles. The first-order valence-corrected chi connectivity index (χ1v) is 12.2. The lowest BCUT2D eigenvalue weighted by molar-refractivity contribution is -0.139. The Morgan fingerprint density at radius 3 is 2.24 bits per heavy atom. The molecule has 0 saturated carbocycles. The lowest BCUT2D eigenvalue weighted by Gasteiger charge is -2.42. The van der Waals surface area contributed by atoms with Gasteiger partial charge in [-0.1, -0.05) is 12.1 Å². The highest BCUT2D eigenvalue weighted by molar-refractivity contribution is 5.95. The molecular weight excluding hydrogens is 482 g/mol. The molecule has 2 heterocycles. The van der Waals surface area contributed by atoms with E-state index in [1.54, 1.807) is 18.9 Å². The first-order chi connectivity index (χ1) is 17.7. The fourth-order valence-corrected chi connectivity index (χ4v) is 4.75. The Kier molecular flexibility index (Phi) is 7.87. The number of benzene rings is 2. The molecule has 37 heavy (non-hydrogen) atoms. The van der Waals surface area contributed by atoms with Crippen molar-refractivity contribution < 1.29 is 27.9 Å². The predicted octanol–water partition coefficient (Wildman–Crippen LogP) is 3.32. The number of carbonyl (C=O) groups is 3. The summed E-state index contributed by atoms with van der Waals surface area (Å²) in [7, 11) is 1.59. The van der Waals surface area contributed by atoms with Gasteiger partial charge in [0, 0.05) is 50.5 Å². The molecule has 2 aliphatic heterocycles. The van der Waals surface area contributed by atoms with Gasteiger partial charge in [0.15, 0.2) is 0 Å². The molecule has 0 spiro atoms. The normalized spacial score (nSPS) is 20.6. The number of urea groups is 1. The Balaban J connectivity index is 1.59. The van der Waals surface area contributed by atoms with Gasteiger partial charge in [0.25, 0.3) is 5.91 Å². The summed E-state index contributed by atoms with van der Waals surface area (Å²) in [6, 6.07) is 9.74. The first kappa shape index (κ1) is 26.3. The maximum Gasteiger partial charge on any atom is 0.338 e. The highest BCUT2D eigenvalue weighted by Gasteiger charge is 2.38. The van der Waals surface area contributed by atoms with E-state index in [0.717, 1.165) is 0 Å². The number of esters is 1. The summed E-state index contributed by atoms with van der Waals surface area (Å²) in [5.41, 5.74) is 1.75. The van der Waals surface area contributed by atoms with Crippen molar-refractivity contribution in [2.24, 2.45) is 0 Å². The van der Waals surface area contributed by atoms with Gasteiger partial charge in [0.05, 0.1) is 18.2 Å². The second-order valence-electron chi connectivity index (χ2n) is 9.16. The van der Waals surface area contributed by atoms with Crippen LogP contribution in [0.5, 0.6) is 0 Å². The summed E-state index contributed by atoms with van der Waals surface area (Å²) < 4.78 is 32.2. The van der Waals surface area contributed by atoms with Gasteiger partial charge in [-0.2, -0.15) is 0 Å². The van der Waals surface area contributed by atoms with Gasteiger partial charge >= 0.3 is 12.0 Å². The molecule has 1 saturated heterocycles. The predicted molar refractivity (Wildman–Crippen MR) is 132 cm³/mol. The van der Waals surface area contributed by atoms with Crippen LogP contribution in [0.25, 0.3) is 0 Å². The van der Waals surface area contributed by atoms with Crippen molar-refractivity contribution in [3.05, 3.63) is 82.6 Å². The second-order valence-corrected chi connectivity index (χ2v) is 9.16. The molecule has 1 fully saturated rings. The molecule has 2 aliphatic rings. The van der Waals surface area contributed by atoms with Crippen LogP contribution in [0.2, 0.25) is 0 Å². The molecule has 10 heteroatoms. The zero-order valence-electron chi connectivity index (χ0n) is 21.0. The summed E-state index contributed by atoms with van der Waals surface area (Å²) in [5.74, 6) is -1.56. The maximum atomic E-state index is 13.6. The molecule has 0 bridgehead atoms. The van der Waals surface area contributed by atoms with Crippen molar-refractivity contribution >= 4 is 17.9 Å². The molecule has 3 amide bonds. The van der Waals surface area contributed by atoms with Crippen LogP contribution in [0, 0.1) is 11.6 Å². The molecule has 0 aliphatic carbocycles. The third kappa shape index (κ3) is 5.64. The first-order valence-electron chi connectivity index (χ1n) is 12.2. The van der Waals surface area contributed by atoms with Crippen LogP contribution in [-0.2, 0) is 9.53 Å². The summed E-state index contributed by atoms with van der Waals surface area (Å²) in [6.45, 7) is 5.50. The standard InChI is InChI=1S/C27H30F2N4O4/c1-4-37-26(35)23-22(31(3)27(36)30-24(23)18-5-9-20(28)10-6-18)16-32-13-14-33(17(2)15-32)25(34)19-7-11-21(29)12-8-19/h5-12,17,24H,4,13-16H2,1-3H3,(H,30,36). The van der Waals surface area contributed by atoms with E-state index < -0.39 is 29.7 Å². The summed E-state index contributed by atoms with van der Waals surface area (Å²) >= 11 is 0. The fraction of sp³-hybridized carbons (Fsp3) is 0.370. The Morgan fingerprint density at radius 2 is 1.65 bits per heavy atom. The molecule has 0 aromatic heterocycles. The van der Waals surface area contributed by atoms with Crippen LogP contribution in [-0.4, -0.2) is 78.5 Å². The number of rotatable bonds is 6. The van der Waals surface area contributed by atoms with Crippen molar-refractivity contribution in [1.82, 2.24) is 20.0 Å². The largest absolute Gasteiger partial charge is 0.463 e. The number of carbonyl (C=O) groups excluding carboxylic acids is 3. The van der Waals surface area contributed by atoms with Gasteiger partial charge in [-0.25, -0.2) is 18.4 Å². The summed E-state index contributed by atoms with van der Waals surface area (Å²) in [6.07, 6.45) is 0. The number of hydrogen-bond acceptors (Lipinski definition) is 5. The van der Waals surface area contributed by atoms with Crippen LogP contribution in [0.1, 0.15) is 35.8 Å². The minimum absolute atomic E-state index is 0.157. The fourth-order valence-electron chi connectivity index (χ4n) is 4.75. The molecule has 4 rings (SSSR count). The SMILES string of the molecule is CCOC(=O)C1=C(CN2CCN(C(=O)c3ccc(F)cc3)C(C)C2)N(C)C(=O)NC1c1ccc(F)cc1. The van der Waals surface area contributed by atoms with Crippen LogP contribution in [0.4, 0.5) is 13.6 Å². The molecule has 1 N–H and O–H groups in total. The topological polar surface area (TPSA) is 82.2 Å². The molecule has 0 radical (unpaired) electrons. The molecule has 8 nitrogen and oxygen atoms in total. The van der Waals surface area contributed by atoms with Crippen LogP contribution in [0.3, 0.4) is 0 Å². The van der Waals surface area contributed by atoms with Gasteiger partial charge < -0.3 is 15.0 Å². The van der Waals surface area contributed by atoms with Crippen molar-refractivity contribution in [2.45, 2.75) is 25.9 Å². The average Bonchev–Trinajstić information content (AvgIpc) is 2.87. The number of halogens is 2. The van der Waals surface area contributed by atoms with Gasteiger partial charge in [0.1, 0.15) is 11.6 Å². The van der Waals surface area contributed by atoms with Crippen molar-refractivity contribution in [1.29, 1.82) is 0 Å². The zero-order chi connectivity index (χ0) is 26.7. The minimum Gasteiger partial charge on any atom is -0.463 e. The van der Waals surface area contributed by atoms with E-state index in [2.05, 4.69) is 10.2 Å². The Morgan fingerprint density at radius 1 is 1.03 bits per heavy atom. The number of nitrogens with zero attached hydrogens (tertiary/aromatic N) is 3. The van der Waals surface area contributed by atoms with Gasteiger partial charge in [-0.3, -0.25) is 14.6 Å². The Hall–Kier alpha value is -3.79. The van der Waals surface area contributed by atoms with E-state index in [1.807, 2.05) is 6.92 Å². The number of nitrogens with one attached hydrogen (secondary N) is 1. The lowest BCUT2D eigenvalue weighted by Crippen LogP contribution is -2.56. The van der Waals surface area contributed by atoms with Crippen molar-refractivity contribution in [2.75, 3.05) is 39.8 Å². The third-order valence-corrected chi connectivity index (χ3v) is 6.71. The third-order valence-electron chi connectivity index (χ3n) is 6.71. The van der Waals surface area contributed by atoms with E-state index in [1.165, 1.54) is 53.4 Å².